The molecule has 2 fully saturated rings. The summed E-state index contributed by atoms with van der Waals surface area (Å²) in [6, 6.07) is 32.9. The molecule has 0 spiro atoms. The normalized spacial score (nSPS) is 26.7. The van der Waals surface area contributed by atoms with Gasteiger partial charge in [-0.2, -0.15) is 23.5 Å². The lowest BCUT2D eigenvalue weighted by atomic mass is 9.68. The maximum absolute atomic E-state index is 10.4. The van der Waals surface area contributed by atoms with Crippen molar-refractivity contribution in [3.63, 3.8) is 0 Å². The van der Waals surface area contributed by atoms with E-state index in [0.29, 0.717) is 23.3 Å². The smallest absolute Gasteiger partial charge is 0.115 e. The van der Waals surface area contributed by atoms with Gasteiger partial charge in [0.15, 0.2) is 0 Å². The molecule has 4 aliphatic rings. The van der Waals surface area contributed by atoms with E-state index in [4.69, 9.17) is 0 Å². The number of aliphatic hydroxyl groups is 2. The minimum absolute atomic E-state index is 0.0477. The van der Waals surface area contributed by atoms with E-state index in [9.17, 15) is 20.4 Å². The van der Waals surface area contributed by atoms with Gasteiger partial charge in [-0.15, -0.1) is 0 Å². The Labute approximate surface area is 343 Å². The third-order valence-corrected chi connectivity index (χ3v) is 15.6. The maximum atomic E-state index is 10.4. The fourth-order valence-electron chi connectivity index (χ4n) is 9.76. The van der Waals surface area contributed by atoms with Gasteiger partial charge in [0.2, 0.25) is 0 Å². The van der Waals surface area contributed by atoms with Gasteiger partial charge >= 0.3 is 0 Å². The summed E-state index contributed by atoms with van der Waals surface area (Å²) in [6.07, 6.45) is 14.5. The number of fused-ring (bicyclic) bond motifs is 2. The van der Waals surface area contributed by atoms with Crippen molar-refractivity contribution in [3.8, 4) is 11.5 Å². The van der Waals surface area contributed by atoms with Crippen LogP contribution in [0.4, 0.5) is 0 Å². The highest BCUT2D eigenvalue weighted by atomic mass is 32.2. The standard InChI is InChI=1S/2C25H30O2S/c2*1-25-13-11-19(15-21(25)7-10-24(25)27)23-9-8-22(26)16-20(23)12-14-28-17-18-5-3-2-4-6-18/h2-6,8-9,15-16,21,24,26-27H,7,10-14,17H2,1H3;2-6,8-9,11,16,21,24,26-27H,7,10,12-15,17H2,1H3/t2*21?,24-,25-/m00/s1. The molecule has 0 bridgehead atoms. The average molecular weight is 789 g/mol. The van der Waals surface area contributed by atoms with Crippen LogP contribution in [0.25, 0.3) is 11.1 Å². The summed E-state index contributed by atoms with van der Waals surface area (Å²) in [5.41, 5.74) is 10.7. The second kappa shape index (κ2) is 18.4. The van der Waals surface area contributed by atoms with Crippen molar-refractivity contribution < 1.29 is 20.4 Å². The van der Waals surface area contributed by atoms with Crippen molar-refractivity contribution >= 4 is 34.7 Å². The molecule has 4 aromatic rings. The average Bonchev–Trinajstić information content (AvgIpc) is 3.68. The first-order valence-corrected chi connectivity index (χ1v) is 23.1. The number of phenols is 2. The van der Waals surface area contributed by atoms with Crippen LogP contribution in [0.3, 0.4) is 0 Å². The zero-order chi connectivity index (χ0) is 39.1. The lowest BCUT2D eigenvalue weighted by molar-refractivity contribution is 0.0400. The van der Waals surface area contributed by atoms with Crippen LogP contribution >= 0.6 is 23.5 Å². The number of hydrogen-bond donors (Lipinski definition) is 4. The summed E-state index contributed by atoms with van der Waals surface area (Å²) in [6.45, 7) is 4.50. The summed E-state index contributed by atoms with van der Waals surface area (Å²) in [5, 5.41) is 40.9. The predicted molar refractivity (Wildman–Crippen MR) is 237 cm³/mol. The van der Waals surface area contributed by atoms with Gasteiger partial charge in [-0.3, -0.25) is 0 Å². The number of rotatable bonds is 12. The second-order valence-electron chi connectivity index (χ2n) is 17.1. The lowest BCUT2D eigenvalue weighted by Crippen LogP contribution is -2.34. The van der Waals surface area contributed by atoms with Crippen LogP contribution in [-0.2, 0) is 24.3 Å². The van der Waals surface area contributed by atoms with Crippen LogP contribution in [0.1, 0.15) is 98.6 Å². The van der Waals surface area contributed by atoms with Crippen LogP contribution in [0.2, 0.25) is 0 Å². The molecule has 8 rings (SSSR count). The van der Waals surface area contributed by atoms with Gasteiger partial charge in [0.25, 0.3) is 0 Å². The van der Waals surface area contributed by atoms with E-state index in [1.165, 1.54) is 44.5 Å². The summed E-state index contributed by atoms with van der Waals surface area (Å²) >= 11 is 3.89. The molecule has 0 saturated heterocycles. The molecule has 0 aromatic heterocycles. The number of hydrogen-bond acceptors (Lipinski definition) is 6. The van der Waals surface area contributed by atoms with Crippen LogP contribution in [-0.4, -0.2) is 44.1 Å². The number of phenolic OH excluding ortho intramolecular Hbond substituents is 2. The van der Waals surface area contributed by atoms with Crippen molar-refractivity contribution in [2.75, 3.05) is 11.5 Å². The van der Waals surface area contributed by atoms with Gasteiger partial charge in [0.1, 0.15) is 11.5 Å². The SMILES string of the molecule is C[C@]12CC=C(c3ccc(O)cc3CCSCc3ccccc3)CC1CC[C@@H]2O.C[C@]12CCC(c3ccc(O)cc3CCSCc3ccccc3)=CC1CC[C@@H]2O. The fourth-order valence-corrected chi connectivity index (χ4v) is 11.6. The highest BCUT2D eigenvalue weighted by Gasteiger charge is 2.48. The molecule has 4 aliphatic carbocycles. The van der Waals surface area contributed by atoms with Gasteiger partial charge in [0.05, 0.1) is 12.2 Å². The Bertz CT molecular complexity index is 1970. The van der Waals surface area contributed by atoms with E-state index in [0.717, 1.165) is 87.2 Å². The third-order valence-electron chi connectivity index (χ3n) is 13.6. The van der Waals surface area contributed by atoms with Gasteiger partial charge in [0, 0.05) is 22.3 Å². The molecule has 2 saturated carbocycles. The molecule has 2 unspecified atom stereocenters. The Balaban J connectivity index is 0.000000172. The number of aliphatic hydroxyl groups excluding tert-OH is 2. The van der Waals surface area contributed by atoms with Gasteiger partial charge in [-0.05, 0) is 156 Å². The van der Waals surface area contributed by atoms with Crippen molar-refractivity contribution in [3.05, 3.63) is 143 Å². The molecular weight excluding hydrogens is 729 g/mol. The number of aromatic hydroxyl groups is 2. The van der Waals surface area contributed by atoms with E-state index in [2.05, 4.69) is 98.8 Å². The second-order valence-corrected chi connectivity index (χ2v) is 19.3. The van der Waals surface area contributed by atoms with Gasteiger partial charge in [-0.25, -0.2) is 0 Å². The lowest BCUT2D eigenvalue weighted by Gasteiger charge is -2.38. The Morgan fingerprint density at radius 1 is 0.625 bits per heavy atom. The molecule has 0 radical (unpaired) electrons. The molecule has 296 valence electrons. The largest absolute Gasteiger partial charge is 0.508 e. The van der Waals surface area contributed by atoms with E-state index in [-0.39, 0.29) is 23.0 Å². The molecule has 6 atom stereocenters. The minimum Gasteiger partial charge on any atom is -0.508 e. The summed E-state index contributed by atoms with van der Waals surface area (Å²) in [5.74, 6) is 5.87. The van der Waals surface area contributed by atoms with Crippen molar-refractivity contribution in [2.24, 2.45) is 22.7 Å². The topological polar surface area (TPSA) is 80.9 Å². The molecule has 6 heteroatoms. The molecule has 4 nitrogen and oxygen atoms in total. The first-order chi connectivity index (χ1) is 27.1. The van der Waals surface area contributed by atoms with Crippen LogP contribution < -0.4 is 0 Å². The van der Waals surface area contributed by atoms with Gasteiger partial charge in [-0.1, -0.05) is 98.8 Å². The van der Waals surface area contributed by atoms with Crippen molar-refractivity contribution in [2.45, 2.75) is 102 Å². The van der Waals surface area contributed by atoms with E-state index < -0.39 is 0 Å². The zero-order valence-electron chi connectivity index (χ0n) is 33.2. The highest BCUT2D eigenvalue weighted by molar-refractivity contribution is 7.98. The first kappa shape index (κ1) is 40.8. The van der Waals surface area contributed by atoms with Crippen LogP contribution in [0.5, 0.6) is 11.5 Å². The Hall–Kier alpha value is -3.42. The molecule has 4 N–H and O–H groups in total. The zero-order valence-corrected chi connectivity index (χ0v) is 34.8. The van der Waals surface area contributed by atoms with E-state index in [1.807, 2.05) is 47.8 Å². The number of allylic oxidation sites excluding steroid dienone is 4. The molecule has 0 heterocycles. The summed E-state index contributed by atoms with van der Waals surface area (Å²) in [7, 11) is 0. The Morgan fingerprint density at radius 2 is 1.16 bits per heavy atom. The maximum Gasteiger partial charge on any atom is 0.115 e. The number of aryl methyl sites for hydroxylation is 2. The Kier molecular flexibility index (Phi) is 13.4. The minimum atomic E-state index is -0.163. The van der Waals surface area contributed by atoms with Crippen LogP contribution in [0.15, 0.2) is 109 Å². The first-order valence-electron chi connectivity index (χ1n) is 20.8. The molecule has 0 amide bonds. The number of benzene rings is 4. The number of thioether (sulfide) groups is 2. The Morgan fingerprint density at radius 3 is 1.75 bits per heavy atom. The fraction of sp³-hybridized carbons (Fsp3) is 0.440. The van der Waals surface area contributed by atoms with E-state index >= 15 is 0 Å². The predicted octanol–water partition coefficient (Wildman–Crippen LogP) is 11.6. The quantitative estimate of drug-likeness (QED) is 0.107. The van der Waals surface area contributed by atoms with E-state index in [1.54, 1.807) is 0 Å². The summed E-state index contributed by atoms with van der Waals surface area (Å²) in [4.78, 5) is 0. The molecule has 0 aliphatic heterocycles. The monoisotopic (exact) mass is 788 g/mol. The van der Waals surface area contributed by atoms with Gasteiger partial charge < -0.3 is 20.4 Å². The third kappa shape index (κ3) is 9.47. The van der Waals surface area contributed by atoms with Crippen molar-refractivity contribution in [1.29, 1.82) is 0 Å². The summed E-state index contributed by atoms with van der Waals surface area (Å²) < 4.78 is 0. The van der Waals surface area contributed by atoms with Crippen molar-refractivity contribution in [1.82, 2.24) is 0 Å². The van der Waals surface area contributed by atoms with Crippen LogP contribution in [0, 0.1) is 22.7 Å². The molecular formula is C50H60O4S2. The molecule has 4 aromatic carbocycles. The molecule has 56 heavy (non-hydrogen) atoms. The highest BCUT2D eigenvalue weighted by Crippen LogP contribution is 2.54.